The zero-order valence-corrected chi connectivity index (χ0v) is 17.5. The Labute approximate surface area is 188 Å². The number of nitrogens with zero attached hydrogens (tertiary/aromatic N) is 6. The number of rotatable bonds is 3. The van der Waals surface area contributed by atoms with Crippen molar-refractivity contribution in [1.29, 1.82) is 0 Å². The second-order valence-corrected chi connectivity index (χ2v) is 7.27. The van der Waals surface area contributed by atoms with Gasteiger partial charge in [0.2, 0.25) is 6.39 Å². The lowest BCUT2D eigenvalue weighted by Gasteiger charge is -2.09. The summed E-state index contributed by atoms with van der Waals surface area (Å²) in [5.74, 6) is -1.47. The number of benzene rings is 1. The summed E-state index contributed by atoms with van der Waals surface area (Å²) in [4.78, 5) is 8.90. The van der Waals surface area contributed by atoms with E-state index in [9.17, 15) is 13.2 Å². The van der Waals surface area contributed by atoms with Crippen molar-refractivity contribution in [2.75, 3.05) is 0 Å². The summed E-state index contributed by atoms with van der Waals surface area (Å²) in [5, 5.41) is 24.1. The molecule has 170 valence electrons. The maximum atomic E-state index is 10.6. The Morgan fingerprint density at radius 2 is 1.88 bits per heavy atom. The van der Waals surface area contributed by atoms with Gasteiger partial charge in [-0.3, -0.25) is 4.40 Å². The summed E-state index contributed by atoms with van der Waals surface area (Å²) in [6, 6.07) is 13.8. The van der Waals surface area contributed by atoms with Crippen molar-refractivity contribution in [2.45, 2.75) is 19.6 Å². The predicted octanol–water partition coefficient (Wildman–Crippen LogP) is 4.38. The van der Waals surface area contributed by atoms with Gasteiger partial charge in [0, 0.05) is 11.6 Å². The molecular weight excluding hydrogens is 465 g/mol. The van der Waals surface area contributed by atoms with Gasteiger partial charge in [0.15, 0.2) is 5.65 Å². The average Bonchev–Trinajstić information content (AvgIpc) is 3.47. The van der Waals surface area contributed by atoms with E-state index in [1.54, 1.807) is 0 Å². The maximum absolute atomic E-state index is 10.6. The van der Waals surface area contributed by atoms with Crippen molar-refractivity contribution in [2.24, 2.45) is 0 Å². The second-order valence-electron chi connectivity index (χ2n) is 6.84. The van der Waals surface area contributed by atoms with E-state index in [0.717, 1.165) is 33.8 Å². The lowest BCUT2D eigenvalue weighted by Crippen LogP contribution is -2.21. The lowest BCUT2D eigenvalue weighted by molar-refractivity contribution is -0.192. The number of aryl methyl sites for hydroxylation is 1. The van der Waals surface area contributed by atoms with Crippen molar-refractivity contribution in [3.8, 4) is 11.6 Å². The fourth-order valence-corrected chi connectivity index (χ4v) is 3.50. The summed E-state index contributed by atoms with van der Waals surface area (Å²) in [6.45, 7) is 2.55. The molecule has 0 aliphatic carbocycles. The van der Waals surface area contributed by atoms with Gasteiger partial charge in [0.25, 0.3) is 5.89 Å². The Kier molecular flexibility index (Phi) is 5.77. The zero-order valence-electron chi connectivity index (χ0n) is 16.8. The van der Waals surface area contributed by atoms with Gasteiger partial charge in [-0.1, -0.05) is 23.7 Å². The third-order valence-corrected chi connectivity index (χ3v) is 4.88. The fraction of sp³-hybridized carbons (Fsp3) is 0.150. The van der Waals surface area contributed by atoms with Crippen LogP contribution < -0.4 is 0 Å². The predicted molar refractivity (Wildman–Crippen MR) is 111 cm³/mol. The summed E-state index contributed by atoms with van der Waals surface area (Å²) < 4.78 is 41.4. The van der Waals surface area contributed by atoms with Gasteiger partial charge < -0.3 is 14.1 Å². The molecule has 1 aromatic carbocycles. The number of aromatic nitrogens is 6. The second kappa shape index (κ2) is 8.54. The number of aliphatic carboxylic acids is 1. The van der Waals surface area contributed by atoms with Crippen LogP contribution in [0.3, 0.4) is 0 Å². The molecule has 1 N–H and O–H groups in total. The lowest BCUT2D eigenvalue weighted by atomic mass is 10.2. The van der Waals surface area contributed by atoms with Gasteiger partial charge in [0.1, 0.15) is 11.5 Å². The monoisotopic (exact) mass is 478 g/mol. The van der Waals surface area contributed by atoms with Crippen molar-refractivity contribution in [3.63, 3.8) is 0 Å². The topological polar surface area (TPSA) is 111 Å². The largest absolute Gasteiger partial charge is 0.490 e. The highest BCUT2D eigenvalue weighted by molar-refractivity contribution is 6.30. The number of pyridine rings is 1. The molecule has 33 heavy (non-hydrogen) atoms. The Morgan fingerprint density at radius 3 is 2.52 bits per heavy atom. The van der Waals surface area contributed by atoms with Crippen LogP contribution >= 0.6 is 11.6 Å². The standard InChI is InChI=1S/C18H13ClN6O.C2HF3O2/c1-11-21-22-17-6-5-14-15(25(11)17)8-16(18-23-20-10-26-18)24(14)9-12-3-2-4-13(19)7-12;3-2(4,5)1(6)7/h2-8,10H,9H2,1H3;(H,6,7). The van der Waals surface area contributed by atoms with Gasteiger partial charge in [-0.2, -0.15) is 13.2 Å². The molecule has 0 amide bonds. The Morgan fingerprint density at radius 1 is 1.12 bits per heavy atom. The normalized spacial score (nSPS) is 11.5. The molecule has 5 aromatic rings. The molecule has 0 radical (unpaired) electrons. The molecule has 5 rings (SSSR count). The van der Waals surface area contributed by atoms with Crippen LogP contribution in [0.2, 0.25) is 5.02 Å². The van der Waals surface area contributed by atoms with Gasteiger partial charge in [0.05, 0.1) is 11.0 Å². The molecule has 0 aliphatic heterocycles. The van der Waals surface area contributed by atoms with E-state index >= 15 is 0 Å². The number of hydrogen-bond donors (Lipinski definition) is 1. The molecule has 0 aliphatic rings. The van der Waals surface area contributed by atoms with E-state index in [2.05, 4.69) is 25.0 Å². The molecule has 13 heteroatoms. The number of carboxylic acid groups (broad SMARTS) is 1. The SMILES string of the molecule is Cc1nnc2ccc3c(cc(-c4nnco4)n3Cc3cccc(Cl)c3)n12.O=C(O)C(F)(F)F. The van der Waals surface area contributed by atoms with E-state index in [0.29, 0.717) is 17.5 Å². The number of carboxylic acids is 1. The van der Waals surface area contributed by atoms with Crippen LogP contribution in [0.1, 0.15) is 11.4 Å². The number of fused-ring (bicyclic) bond motifs is 3. The van der Waals surface area contributed by atoms with Gasteiger partial charge in [-0.05, 0) is 42.8 Å². The van der Waals surface area contributed by atoms with Crippen molar-refractivity contribution >= 4 is 34.3 Å². The first kappa shape index (κ1) is 22.3. The minimum absolute atomic E-state index is 0.460. The first-order chi connectivity index (χ1) is 15.6. The molecule has 0 saturated carbocycles. The van der Waals surface area contributed by atoms with Gasteiger partial charge >= 0.3 is 12.1 Å². The minimum atomic E-state index is -5.08. The van der Waals surface area contributed by atoms with E-state index in [4.69, 9.17) is 25.9 Å². The van der Waals surface area contributed by atoms with Crippen molar-refractivity contribution in [3.05, 3.63) is 65.3 Å². The Bertz CT molecular complexity index is 1440. The average molecular weight is 479 g/mol. The minimum Gasteiger partial charge on any atom is -0.475 e. The molecule has 9 nitrogen and oxygen atoms in total. The summed E-state index contributed by atoms with van der Waals surface area (Å²) >= 11 is 6.16. The highest BCUT2D eigenvalue weighted by Crippen LogP contribution is 2.29. The molecule has 0 spiro atoms. The van der Waals surface area contributed by atoms with E-state index < -0.39 is 12.1 Å². The van der Waals surface area contributed by atoms with Crippen LogP contribution in [-0.4, -0.2) is 46.6 Å². The molecule has 0 atom stereocenters. The van der Waals surface area contributed by atoms with Crippen LogP contribution in [0, 0.1) is 6.92 Å². The zero-order chi connectivity index (χ0) is 23.8. The molecule has 4 aromatic heterocycles. The van der Waals surface area contributed by atoms with Crippen LogP contribution in [0.4, 0.5) is 13.2 Å². The van der Waals surface area contributed by atoms with E-state index in [-0.39, 0.29) is 0 Å². The maximum Gasteiger partial charge on any atom is 0.490 e. The molecular formula is C20H14ClF3N6O3. The van der Waals surface area contributed by atoms with Crippen LogP contribution in [-0.2, 0) is 11.3 Å². The number of halogens is 4. The highest BCUT2D eigenvalue weighted by atomic mass is 35.5. The van der Waals surface area contributed by atoms with Crippen molar-refractivity contribution in [1.82, 2.24) is 29.4 Å². The number of alkyl halides is 3. The smallest absolute Gasteiger partial charge is 0.475 e. The molecule has 0 bridgehead atoms. The molecule has 0 saturated heterocycles. The molecule has 0 fully saturated rings. The molecule has 0 unspecified atom stereocenters. The quantitative estimate of drug-likeness (QED) is 0.409. The van der Waals surface area contributed by atoms with Gasteiger partial charge in [-0.15, -0.1) is 20.4 Å². The van der Waals surface area contributed by atoms with Gasteiger partial charge in [-0.25, -0.2) is 4.79 Å². The van der Waals surface area contributed by atoms with Crippen LogP contribution in [0.15, 0.2) is 53.3 Å². The Balaban J connectivity index is 0.000000325. The number of carbonyl (C=O) groups is 1. The third kappa shape index (κ3) is 4.51. The first-order valence-corrected chi connectivity index (χ1v) is 9.68. The first-order valence-electron chi connectivity index (χ1n) is 9.30. The summed E-state index contributed by atoms with van der Waals surface area (Å²) in [6.07, 6.45) is -3.75. The molecule has 4 heterocycles. The van der Waals surface area contributed by atoms with Crippen LogP contribution in [0.5, 0.6) is 0 Å². The summed E-state index contributed by atoms with van der Waals surface area (Å²) in [5.41, 5.74) is 4.72. The Hall–Kier alpha value is -3.93. The number of hydrogen-bond acceptors (Lipinski definition) is 6. The third-order valence-electron chi connectivity index (χ3n) is 4.65. The van der Waals surface area contributed by atoms with Crippen molar-refractivity contribution < 1.29 is 27.5 Å². The van der Waals surface area contributed by atoms with E-state index in [1.165, 1.54) is 6.39 Å². The van der Waals surface area contributed by atoms with Crippen LogP contribution in [0.25, 0.3) is 28.3 Å². The van der Waals surface area contributed by atoms with E-state index in [1.807, 2.05) is 53.8 Å². The highest BCUT2D eigenvalue weighted by Gasteiger charge is 2.38. The summed E-state index contributed by atoms with van der Waals surface area (Å²) in [7, 11) is 0. The fourth-order valence-electron chi connectivity index (χ4n) is 3.29.